The lowest BCUT2D eigenvalue weighted by Gasteiger charge is -2.25. The second kappa shape index (κ2) is 4.76. The highest BCUT2D eigenvalue weighted by Crippen LogP contribution is 2.65. The quantitative estimate of drug-likeness (QED) is 0.818. The summed E-state index contributed by atoms with van der Waals surface area (Å²) in [6, 6.07) is 0. The molecule has 19 heavy (non-hydrogen) atoms. The number of alkyl halides is 3. The number of aliphatic hydroxyl groups excluding tert-OH is 1. The predicted octanol–water partition coefficient (Wildman–Crippen LogP) is 2.61. The summed E-state index contributed by atoms with van der Waals surface area (Å²) in [7, 11) is 0. The van der Waals surface area contributed by atoms with E-state index in [0.29, 0.717) is 13.0 Å². The van der Waals surface area contributed by atoms with Gasteiger partial charge in [0.15, 0.2) is 0 Å². The number of hydrogen-bond donors (Lipinski definition) is 1. The summed E-state index contributed by atoms with van der Waals surface area (Å²) in [5.41, 5.74) is 0. The van der Waals surface area contributed by atoms with Crippen LogP contribution in [0.15, 0.2) is 12.7 Å². The molecule has 1 heterocycles. The molecule has 0 saturated heterocycles. The molecule has 7 heteroatoms. The molecule has 0 radical (unpaired) electrons. The monoisotopic (exact) mass is 323 g/mol. The van der Waals surface area contributed by atoms with Crippen molar-refractivity contribution < 1.29 is 5.11 Å². The predicted molar refractivity (Wildman–Crippen MR) is 74.5 cm³/mol. The fourth-order valence-electron chi connectivity index (χ4n) is 2.81. The lowest BCUT2D eigenvalue weighted by molar-refractivity contribution is 0.111. The van der Waals surface area contributed by atoms with Crippen molar-refractivity contribution in [3.05, 3.63) is 12.7 Å². The molecular weight excluding hydrogens is 309 g/mol. The number of rotatable bonds is 6. The Hall–Kier alpha value is -0.0300. The van der Waals surface area contributed by atoms with Crippen LogP contribution in [0.1, 0.15) is 25.7 Å². The van der Waals surface area contributed by atoms with Crippen LogP contribution in [-0.2, 0) is 6.54 Å². The third-order valence-electron chi connectivity index (χ3n) is 4.14. The largest absolute Gasteiger partial charge is 0.391 e. The van der Waals surface area contributed by atoms with Gasteiger partial charge in [0.25, 0.3) is 0 Å². The summed E-state index contributed by atoms with van der Waals surface area (Å²) >= 11 is 18.9. The van der Waals surface area contributed by atoms with E-state index in [1.165, 1.54) is 6.33 Å². The minimum Gasteiger partial charge on any atom is -0.391 e. The van der Waals surface area contributed by atoms with Crippen LogP contribution in [0.2, 0.25) is 0 Å². The summed E-state index contributed by atoms with van der Waals surface area (Å²) in [6.07, 6.45) is 5.88. The van der Waals surface area contributed by atoms with Gasteiger partial charge in [-0.3, -0.25) is 4.68 Å². The zero-order valence-electron chi connectivity index (χ0n) is 10.3. The van der Waals surface area contributed by atoms with Crippen LogP contribution in [0.25, 0.3) is 0 Å². The lowest BCUT2D eigenvalue weighted by atomic mass is 9.90. The maximum atomic E-state index is 10.2. The van der Waals surface area contributed by atoms with Crippen LogP contribution in [0.3, 0.4) is 0 Å². The van der Waals surface area contributed by atoms with E-state index >= 15 is 0 Å². The molecule has 2 fully saturated rings. The minimum atomic E-state index is -0.651. The van der Waals surface area contributed by atoms with Crippen LogP contribution < -0.4 is 0 Å². The topological polar surface area (TPSA) is 50.9 Å². The van der Waals surface area contributed by atoms with Gasteiger partial charge in [-0.15, -0.1) is 34.8 Å². The van der Waals surface area contributed by atoms with E-state index < -0.39 is 10.4 Å². The first-order valence-electron chi connectivity index (χ1n) is 6.48. The molecule has 2 unspecified atom stereocenters. The fraction of sp³-hybridized carbons (Fsp3) is 0.833. The van der Waals surface area contributed by atoms with Crippen LogP contribution in [0, 0.1) is 11.8 Å². The SMILES string of the molecule is OC(CC([C@@H]1CC1(Cl)Cl)C1(Cl)CC1)Cn1cncn1. The summed E-state index contributed by atoms with van der Waals surface area (Å²) in [6.45, 7) is 0.424. The Morgan fingerprint density at radius 2 is 2.05 bits per heavy atom. The molecule has 2 aliphatic carbocycles. The van der Waals surface area contributed by atoms with Gasteiger partial charge in [-0.05, 0) is 37.5 Å². The van der Waals surface area contributed by atoms with Gasteiger partial charge < -0.3 is 5.11 Å². The standard InChI is InChI=1S/C12H16Cl3N3O/c13-11(1-2-11)9(10-4-12(10,14)15)3-8(19)5-18-7-16-6-17-18/h6-10,19H,1-5H2/t8?,9?,10-/m0/s1. The molecule has 106 valence electrons. The molecule has 0 spiro atoms. The molecule has 0 amide bonds. The smallest absolute Gasteiger partial charge is 0.137 e. The van der Waals surface area contributed by atoms with Gasteiger partial charge in [0, 0.05) is 4.87 Å². The zero-order valence-corrected chi connectivity index (χ0v) is 12.6. The molecule has 4 nitrogen and oxygen atoms in total. The number of aliphatic hydroxyl groups is 1. The summed E-state index contributed by atoms with van der Waals surface area (Å²) < 4.78 is 0.971. The second-order valence-corrected chi connectivity index (χ2v) is 8.01. The molecule has 1 aromatic heterocycles. The Labute approximate surface area is 127 Å². The molecule has 3 atom stereocenters. The summed E-state index contributed by atoms with van der Waals surface area (Å²) in [5.74, 6) is 0.365. The maximum absolute atomic E-state index is 10.2. The fourth-order valence-corrected chi connectivity index (χ4v) is 3.78. The number of nitrogens with zero attached hydrogens (tertiary/aromatic N) is 3. The Morgan fingerprint density at radius 1 is 1.37 bits per heavy atom. The minimum absolute atomic E-state index is 0.169. The van der Waals surface area contributed by atoms with Crippen molar-refractivity contribution in [1.29, 1.82) is 0 Å². The van der Waals surface area contributed by atoms with E-state index in [1.807, 2.05) is 0 Å². The molecule has 1 N–H and O–H groups in total. The third kappa shape index (κ3) is 3.02. The summed E-state index contributed by atoms with van der Waals surface area (Å²) in [4.78, 5) is 3.65. The van der Waals surface area contributed by atoms with Crippen molar-refractivity contribution in [2.75, 3.05) is 0 Å². The highest BCUT2D eigenvalue weighted by molar-refractivity contribution is 6.51. The van der Waals surface area contributed by atoms with E-state index in [4.69, 9.17) is 34.8 Å². The van der Waals surface area contributed by atoms with Crippen molar-refractivity contribution in [1.82, 2.24) is 14.8 Å². The Balaban J connectivity index is 1.62. The molecule has 0 aromatic carbocycles. The highest BCUT2D eigenvalue weighted by Gasteiger charge is 2.63. The first-order valence-corrected chi connectivity index (χ1v) is 7.61. The van der Waals surface area contributed by atoms with Gasteiger partial charge >= 0.3 is 0 Å². The van der Waals surface area contributed by atoms with Gasteiger partial charge in [-0.1, -0.05) is 0 Å². The van der Waals surface area contributed by atoms with E-state index in [9.17, 15) is 5.11 Å². The van der Waals surface area contributed by atoms with Crippen molar-refractivity contribution >= 4 is 34.8 Å². The molecule has 2 saturated carbocycles. The summed E-state index contributed by atoms with van der Waals surface area (Å²) in [5, 5.41) is 14.2. The van der Waals surface area contributed by atoms with Gasteiger partial charge in [-0.2, -0.15) is 5.10 Å². The average molecular weight is 325 g/mol. The Morgan fingerprint density at radius 3 is 2.53 bits per heavy atom. The van der Waals surface area contributed by atoms with Gasteiger partial charge in [-0.25, -0.2) is 4.98 Å². The molecule has 0 aliphatic heterocycles. The van der Waals surface area contributed by atoms with Crippen LogP contribution in [0.5, 0.6) is 0 Å². The van der Waals surface area contributed by atoms with Crippen LogP contribution in [-0.4, -0.2) is 35.2 Å². The molecule has 3 rings (SSSR count). The van der Waals surface area contributed by atoms with E-state index in [1.54, 1.807) is 11.0 Å². The number of halogens is 3. The number of hydrogen-bond acceptors (Lipinski definition) is 3. The average Bonchev–Trinajstić information content (AvgIpc) is 3.12. The van der Waals surface area contributed by atoms with Crippen molar-refractivity contribution in [2.45, 2.75) is 47.5 Å². The third-order valence-corrected chi connectivity index (χ3v) is 5.67. The second-order valence-electron chi connectivity index (χ2n) is 5.72. The zero-order chi connectivity index (χ0) is 13.7. The normalized spacial score (nSPS) is 29.8. The molecule has 1 aromatic rings. The van der Waals surface area contributed by atoms with E-state index in [-0.39, 0.29) is 16.7 Å². The Kier molecular flexibility index (Phi) is 3.49. The van der Waals surface area contributed by atoms with Crippen molar-refractivity contribution in [3.63, 3.8) is 0 Å². The van der Waals surface area contributed by atoms with Crippen molar-refractivity contribution in [2.24, 2.45) is 11.8 Å². The Bertz CT molecular complexity index is 447. The lowest BCUT2D eigenvalue weighted by Crippen LogP contribution is -2.28. The van der Waals surface area contributed by atoms with E-state index in [0.717, 1.165) is 19.3 Å². The first-order chi connectivity index (χ1) is 8.91. The van der Waals surface area contributed by atoms with Crippen LogP contribution >= 0.6 is 34.8 Å². The maximum Gasteiger partial charge on any atom is 0.137 e. The number of aromatic nitrogens is 3. The highest BCUT2D eigenvalue weighted by atomic mass is 35.5. The van der Waals surface area contributed by atoms with E-state index in [2.05, 4.69) is 10.1 Å². The molecule has 2 aliphatic rings. The first kappa shape index (κ1) is 13.9. The van der Waals surface area contributed by atoms with Crippen molar-refractivity contribution in [3.8, 4) is 0 Å². The van der Waals surface area contributed by atoms with Gasteiger partial charge in [0.1, 0.15) is 17.0 Å². The molecule has 0 bridgehead atoms. The molecular formula is C12H16Cl3N3O. The van der Waals surface area contributed by atoms with Gasteiger partial charge in [0.2, 0.25) is 0 Å². The van der Waals surface area contributed by atoms with Crippen LogP contribution in [0.4, 0.5) is 0 Å². The van der Waals surface area contributed by atoms with Gasteiger partial charge in [0.05, 0.1) is 12.6 Å².